The Bertz CT molecular complexity index is 383. The summed E-state index contributed by atoms with van der Waals surface area (Å²) < 4.78 is 11.5. The normalized spacial score (nSPS) is 13.2. The van der Waals surface area contributed by atoms with Crippen molar-refractivity contribution in [2.75, 3.05) is 13.7 Å². The monoisotopic (exact) mass is 251 g/mol. The molecule has 3 nitrogen and oxygen atoms in total. The van der Waals surface area contributed by atoms with Gasteiger partial charge in [0.05, 0.1) is 12.7 Å². The van der Waals surface area contributed by atoms with E-state index >= 15 is 0 Å². The summed E-state index contributed by atoms with van der Waals surface area (Å²) >= 11 is 0. The summed E-state index contributed by atoms with van der Waals surface area (Å²) in [5.41, 5.74) is 0.865. The van der Waals surface area contributed by atoms with Crippen LogP contribution < -0.4 is 14.8 Å². The molecule has 3 heteroatoms. The zero-order valence-electron chi connectivity index (χ0n) is 12.3. The molecule has 0 fully saturated rings. The van der Waals surface area contributed by atoms with Crippen molar-refractivity contribution in [3.8, 4) is 11.5 Å². The van der Waals surface area contributed by atoms with Crippen LogP contribution in [-0.4, -0.2) is 19.3 Å². The molecule has 0 bridgehead atoms. The molecule has 0 aliphatic carbocycles. The second kappa shape index (κ2) is 6.10. The number of rotatable bonds is 5. The van der Waals surface area contributed by atoms with E-state index in [1.807, 2.05) is 39.0 Å². The standard InChI is InChI=1S/C15H25NO2/c1-7-16-11(2)14-12(17-6)9-8-10-13(14)18-15(3,4)5/h8-11,16H,7H2,1-6H3. The smallest absolute Gasteiger partial charge is 0.128 e. The van der Waals surface area contributed by atoms with Gasteiger partial charge >= 0.3 is 0 Å². The fourth-order valence-corrected chi connectivity index (χ4v) is 1.96. The first-order valence-electron chi connectivity index (χ1n) is 6.48. The zero-order chi connectivity index (χ0) is 13.8. The molecular formula is C15H25NO2. The predicted octanol–water partition coefficient (Wildman–Crippen LogP) is 3.54. The van der Waals surface area contributed by atoms with Crippen LogP contribution in [0.25, 0.3) is 0 Å². The minimum atomic E-state index is -0.215. The molecule has 1 rings (SSSR count). The van der Waals surface area contributed by atoms with E-state index in [-0.39, 0.29) is 11.6 Å². The first-order valence-corrected chi connectivity index (χ1v) is 6.48. The van der Waals surface area contributed by atoms with E-state index in [1.54, 1.807) is 7.11 Å². The summed E-state index contributed by atoms with van der Waals surface area (Å²) in [5.74, 6) is 1.75. The third-order valence-electron chi connectivity index (χ3n) is 2.61. The van der Waals surface area contributed by atoms with Gasteiger partial charge in [0, 0.05) is 6.04 Å². The van der Waals surface area contributed by atoms with Gasteiger partial charge in [-0.3, -0.25) is 0 Å². The SMILES string of the molecule is CCNC(C)c1c(OC)cccc1OC(C)(C)C. The topological polar surface area (TPSA) is 30.5 Å². The molecule has 0 saturated heterocycles. The Hall–Kier alpha value is -1.22. The lowest BCUT2D eigenvalue weighted by Gasteiger charge is -2.26. The number of ether oxygens (including phenoxy) is 2. The number of nitrogens with one attached hydrogen (secondary N) is 1. The quantitative estimate of drug-likeness (QED) is 0.868. The molecule has 1 atom stereocenters. The Kier molecular flexibility index (Phi) is 5.03. The van der Waals surface area contributed by atoms with Crippen LogP contribution in [0.3, 0.4) is 0 Å². The van der Waals surface area contributed by atoms with Crippen molar-refractivity contribution in [2.45, 2.75) is 46.3 Å². The first kappa shape index (κ1) is 14.8. The molecule has 0 aliphatic heterocycles. The lowest BCUT2D eigenvalue weighted by atomic mass is 10.0. The minimum Gasteiger partial charge on any atom is -0.496 e. The summed E-state index contributed by atoms with van der Waals surface area (Å²) in [5, 5.41) is 3.40. The van der Waals surface area contributed by atoms with Crippen molar-refractivity contribution >= 4 is 0 Å². The summed E-state index contributed by atoms with van der Waals surface area (Å²) in [7, 11) is 1.69. The highest BCUT2D eigenvalue weighted by Gasteiger charge is 2.20. The van der Waals surface area contributed by atoms with E-state index in [0.29, 0.717) is 0 Å². The summed E-state index contributed by atoms with van der Waals surface area (Å²) in [6.07, 6.45) is 0. The van der Waals surface area contributed by atoms with Gasteiger partial charge in [0.2, 0.25) is 0 Å². The molecule has 0 amide bonds. The highest BCUT2D eigenvalue weighted by molar-refractivity contribution is 5.47. The Balaban J connectivity index is 3.16. The molecule has 0 aromatic heterocycles. The fourth-order valence-electron chi connectivity index (χ4n) is 1.96. The van der Waals surface area contributed by atoms with Gasteiger partial charge in [-0.15, -0.1) is 0 Å². The van der Waals surface area contributed by atoms with Crippen LogP contribution in [0.4, 0.5) is 0 Å². The van der Waals surface area contributed by atoms with Gasteiger partial charge in [0.25, 0.3) is 0 Å². The summed E-state index contributed by atoms with van der Waals surface area (Å²) in [4.78, 5) is 0. The Morgan fingerprint density at radius 3 is 2.33 bits per heavy atom. The second-order valence-corrected chi connectivity index (χ2v) is 5.37. The molecular weight excluding hydrogens is 226 g/mol. The lowest BCUT2D eigenvalue weighted by Crippen LogP contribution is -2.25. The van der Waals surface area contributed by atoms with Crippen molar-refractivity contribution in [2.24, 2.45) is 0 Å². The van der Waals surface area contributed by atoms with Crippen molar-refractivity contribution in [1.29, 1.82) is 0 Å². The average Bonchev–Trinajstić information content (AvgIpc) is 2.26. The van der Waals surface area contributed by atoms with E-state index in [1.165, 1.54) is 0 Å². The van der Waals surface area contributed by atoms with Crippen molar-refractivity contribution in [1.82, 2.24) is 5.32 Å². The Morgan fingerprint density at radius 1 is 1.22 bits per heavy atom. The van der Waals surface area contributed by atoms with Crippen LogP contribution in [0.2, 0.25) is 0 Å². The van der Waals surface area contributed by atoms with Gasteiger partial charge in [-0.05, 0) is 46.4 Å². The molecule has 102 valence electrons. The van der Waals surface area contributed by atoms with E-state index in [9.17, 15) is 0 Å². The van der Waals surface area contributed by atoms with Gasteiger partial charge in [-0.25, -0.2) is 0 Å². The van der Waals surface area contributed by atoms with Crippen molar-refractivity contribution < 1.29 is 9.47 Å². The molecule has 18 heavy (non-hydrogen) atoms. The van der Waals surface area contributed by atoms with E-state index < -0.39 is 0 Å². The van der Waals surface area contributed by atoms with Crippen LogP contribution in [0.15, 0.2) is 18.2 Å². The van der Waals surface area contributed by atoms with Crippen LogP contribution in [0, 0.1) is 0 Å². The molecule has 1 unspecified atom stereocenters. The van der Waals surface area contributed by atoms with Crippen LogP contribution in [0.1, 0.15) is 46.2 Å². The fraction of sp³-hybridized carbons (Fsp3) is 0.600. The Morgan fingerprint density at radius 2 is 1.83 bits per heavy atom. The average molecular weight is 251 g/mol. The van der Waals surface area contributed by atoms with Crippen molar-refractivity contribution in [3.63, 3.8) is 0 Å². The Labute approximate surface area is 110 Å². The molecule has 1 aromatic carbocycles. The highest BCUT2D eigenvalue weighted by Crippen LogP contribution is 2.35. The second-order valence-electron chi connectivity index (χ2n) is 5.37. The van der Waals surface area contributed by atoms with E-state index in [0.717, 1.165) is 23.6 Å². The zero-order valence-corrected chi connectivity index (χ0v) is 12.3. The molecule has 0 heterocycles. The minimum absolute atomic E-state index is 0.198. The van der Waals surface area contributed by atoms with Crippen molar-refractivity contribution in [3.05, 3.63) is 23.8 Å². The summed E-state index contributed by atoms with van der Waals surface area (Å²) in [6.45, 7) is 11.3. The van der Waals surface area contributed by atoms with Crippen LogP contribution in [-0.2, 0) is 0 Å². The maximum atomic E-state index is 6.02. The highest BCUT2D eigenvalue weighted by atomic mass is 16.5. The maximum Gasteiger partial charge on any atom is 0.128 e. The van der Waals surface area contributed by atoms with Crippen LogP contribution in [0.5, 0.6) is 11.5 Å². The maximum absolute atomic E-state index is 6.02. The number of hydrogen-bond donors (Lipinski definition) is 1. The first-order chi connectivity index (χ1) is 8.39. The third-order valence-corrected chi connectivity index (χ3v) is 2.61. The van der Waals surface area contributed by atoms with E-state index in [2.05, 4.69) is 19.2 Å². The number of benzene rings is 1. The summed E-state index contributed by atoms with van der Waals surface area (Å²) in [6, 6.07) is 6.13. The molecule has 0 saturated carbocycles. The number of methoxy groups -OCH3 is 1. The van der Waals surface area contributed by atoms with E-state index in [4.69, 9.17) is 9.47 Å². The van der Waals surface area contributed by atoms with Crippen LogP contribution >= 0.6 is 0 Å². The third kappa shape index (κ3) is 3.91. The molecule has 1 N–H and O–H groups in total. The molecule has 0 radical (unpaired) electrons. The van der Waals surface area contributed by atoms with Gasteiger partial charge < -0.3 is 14.8 Å². The largest absolute Gasteiger partial charge is 0.496 e. The molecule has 0 aliphatic rings. The van der Waals surface area contributed by atoms with Gasteiger partial charge in [-0.2, -0.15) is 0 Å². The van der Waals surface area contributed by atoms with Gasteiger partial charge in [0.1, 0.15) is 17.1 Å². The molecule has 0 spiro atoms. The number of hydrogen-bond acceptors (Lipinski definition) is 3. The van der Waals surface area contributed by atoms with Gasteiger partial charge in [-0.1, -0.05) is 13.0 Å². The predicted molar refractivity (Wildman–Crippen MR) is 75.5 cm³/mol. The lowest BCUT2D eigenvalue weighted by molar-refractivity contribution is 0.128. The van der Waals surface area contributed by atoms with Gasteiger partial charge in [0.15, 0.2) is 0 Å². The molecule has 1 aromatic rings.